The normalized spacial score (nSPS) is 18.7. The molecule has 1 rings (SSSR count). The summed E-state index contributed by atoms with van der Waals surface area (Å²) in [6.45, 7) is 3.49. The van der Waals surface area contributed by atoms with Gasteiger partial charge in [-0.05, 0) is 25.7 Å². The van der Waals surface area contributed by atoms with Crippen LogP contribution in [0.1, 0.15) is 38.5 Å². The van der Waals surface area contributed by atoms with Crippen LogP contribution in [-0.2, 0) is 9.53 Å². The molecule has 1 aliphatic carbocycles. The smallest absolute Gasteiger partial charge is 0.309 e. The van der Waals surface area contributed by atoms with Gasteiger partial charge in [0.15, 0.2) is 0 Å². The number of rotatable bonds is 3. The number of carbonyl (C=O) groups excluding carboxylic acids is 1. The molecule has 0 radical (unpaired) electrons. The summed E-state index contributed by atoms with van der Waals surface area (Å²) in [5, 5.41) is 0. The van der Waals surface area contributed by atoms with Crippen LogP contribution in [0.2, 0.25) is 0 Å². The van der Waals surface area contributed by atoms with Crippen LogP contribution in [0.25, 0.3) is 0 Å². The van der Waals surface area contributed by atoms with Gasteiger partial charge in [0.25, 0.3) is 0 Å². The molecule has 0 aromatic rings. The predicted octanol–water partition coefficient (Wildman–Crippen LogP) is 2.44. The highest BCUT2D eigenvalue weighted by molar-refractivity contribution is 5.71. The first-order valence-corrected chi connectivity index (χ1v) is 4.63. The van der Waals surface area contributed by atoms with Crippen molar-refractivity contribution < 1.29 is 9.53 Å². The van der Waals surface area contributed by atoms with Gasteiger partial charge in [-0.15, -0.1) is 6.58 Å². The molecule has 0 aliphatic heterocycles. The fraction of sp³-hybridized carbons (Fsp3) is 0.700. The van der Waals surface area contributed by atoms with E-state index in [4.69, 9.17) is 4.74 Å². The maximum Gasteiger partial charge on any atom is 0.309 e. The van der Waals surface area contributed by atoms with Crippen LogP contribution in [0.3, 0.4) is 0 Å². The summed E-state index contributed by atoms with van der Waals surface area (Å²) in [5.41, 5.74) is 0. The lowest BCUT2D eigenvalue weighted by Crippen LogP contribution is -2.20. The summed E-state index contributed by atoms with van der Waals surface area (Å²) in [5.74, 6) is -0.128. The van der Waals surface area contributed by atoms with Gasteiger partial charge in [-0.25, -0.2) is 0 Å². The van der Waals surface area contributed by atoms with Crippen LogP contribution < -0.4 is 0 Å². The van der Waals surface area contributed by atoms with Gasteiger partial charge in [-0.1, -0.05) is 12.5 Å². The van der Waals surface area contributed by atoms with E-state index in [1.807, 2.05) is 0 Å². The average Bonchev–Trinajstić information content (AvgIpc) is 2.06. The maximum atomic E-state index is 11.0. The number of ether oxygens (including phenoxy) is 1. The third-order valence-corrected chi connectivity index (χ3v) is 2.16. The Labute approximate surface area is 73.6 Å². The third-order valence-electron chi connectivity index (χ3n) is 2.16. The van der Waals surface area contributed by atoms with Gasteiger partial charge >= 0.3 is 5.97 Å². The van der Waals surface area contributed by atoms with Crippen molar-refractivity contribution in [1.29, 1.82) is 0 Å². The van der Waals surface area contributed by atoms with Crippen molar-refractivity contribution in [1.82, 2.24) is 0 Å². The molecule has 0 atom stereocenters. The Balaban J connectivity index is 2.19. The minimum Gasteiger partial charge on any atom is -0.462 e. The first-order chi connectivity index (χ1) is 5.83. The Morgan fingerprint density at radius 3 is 2.67 bits per heavy atom. The zero-order chi connectivity index (χ0) is 8.81. The highest BCUT2D eigenvalue weighted by Gasteiger charge is 2.16. The summed E-state index contributed by atoms with van der Waals surface area (Å²) in [4.78, 5) is 11.0. The second kappa shape index (κ2) is 4.96. The average molecular weight is 168 g/mol. The van der Waals surface area contributed by atoms with Gasteiger partial charge < -0.3 is 4.74 Å². The Kier molecular flexibility index (Phi) is 3.85. The molecule has 0 saturated heterocycles. The monoisotopic (exact) mass is 168 g/mol. The molecule has 68 valence electrons. The van der Waals surface area contributed by atoms with Crippen LogP contribution in [0.15, 0.2) is 12.7 Å². The fourth-order valence-electron chi connectivity index (χ4n) is 1.53. The number of carbonyl (C=O) groups is 1. The summed E-state index contributed by atoms with van der Waals surface area (Å²) < 4.78 is 5.22. The molecule has 0 N–H and O–H groups in total. The van der Waals surface area contributed by atoms with E-state index < -0.39 is 0 Å². The highest BCUT2D eigenvalue weighted by Crippen LogP contribution is 2.20. The van der Waals surface area contributed by atoms with E-state index in [9.17, 15) is 4.79 Å². The summed E-state index contributed by atoms with van der Waals surface area (Å²) in [7, 11) is 0. The minimum atomic E-state index is -0.128. The van der Waals surface area contributed by atoms with Crippen molar-refractivity contribution in [2.24, 2.45) is 0 Å². The molecular weight excluding hydrogens is 152 g/mol. The minimum absolute atomic E-state index is 0.128. The molecule has 0 amide bonds. The summed E-state index contributed by atoms with van der Waals surface area (Å²) in [6, 6.07) is 0. The van der Waals surface area contributed by atoms with Crippen molar-refractivity contribution >= 4 is 5.97 Å². The lowest BCUT2D eigenvalue weighted by Gasteiger charge is -2.21. The molecule has 2 nitrogen and oxygen atoms in total. The molecular formula is C10H16O2. The first-order valence-electron chi connectivity index (χ1n) is 4.63. The van der Waals surface area contributed by atoms with Crippen LogP contribution in [0, 0.1) is 0 Å². The van der Waals surface area contributed by atoms with E-state index in [2.05, 4.69) is 6.58 Å². The lowest BCUT2D eigenvalue weighted by atomic mass is 9.98. The highest BCUT2D eigenvalue weighted by atomic mass is 16.5. The molecule has 0 unspecified atom stereocenters. The molecule has 12 heavy (non-hydrogen) atoms. The van der Waals surface area contributed by atoms with Gasteiger partial charge in [0.2, 0.25) is 0 Å². The van der Waals surface area contributed by atoms with Crippen LogP contribution in [-0.4, -0.2) is 12.1 Å². The van der Waals surface area contributed by atoms with E-state index in [-0.39, 0.29) is 12.1 Å². The molecule has 0 spiro atoms. The molecule has 1 aliphatic rings. The molecule has 1 saturated carbocycles. The van der Waals surface area contributed by atoms with Crippen LogP contribution in [0.4, 0.5) is 0 Å². The van der Waals surface area contributed by atoms with Gasteiger partial charge in [0.05, 0.1) is 6.42 Å². The molecule has 0 heterocycles. The van der Waals surface area contributed by atoms with Crippen molar-refractivity contribution in [3.8, 4) is 0 Å². The number of hydrogen-bond donors (Lipinski definition) is 0. The Hall–Kier alpha value is -0.790. The topological polar surface area (TPSA) is 26.3 Å². The maximum absolute atomic E-state index is 11.0. The Morgan fingerprint density at radius 1 is 1.42 bits per heavy atom. The zero-order valence-corrected chi connectivity index (χ0v) is 7.42. The third kappa shape index (κ3) is 3.07. The lowest BCUT2D eigenvalue weighted by molar-refractivity contribution is -0.149. The zero-order valence-electron chi connectivity index (χ0n) is 7.42. The fourth-order valence-corrected chi connectivity index (χ4v) is 1.53. The molecule has 2 heteroatoms. The van der Waals surface area contributed by atoms with Crippen molar-refractivity contribution in [2.45, 2.75) is 44.6 Å². The van der Waals surface area contributed by atoms with Crippen LogP contribution >= 0.6 is 0 Å². The summed E-state index contributed by atoms with van der Waals surface area (Å²) >= 11 is 0. The quantitative estimate of drug-likeness (QED) is 0.478. The second-order valence-corrected chi connectivity index (χ2v) is 3.24. The first kappa shape index (κ1) is 9.30. The largest absolute Gasteiger partial charge is 0.462 e. The van der Waals surface area contributed by atoms with Gasteiger partial charge in [-0.2, -0.15) is 0 Å². The van der Waals surface area contributed by atoms with E-state index >= 15 is 0 Å². The molecule has 0 aromatic carbocycles. The number of esters is 1. The summed E-state index contributed by atoms with van der Waals surface area (Å²) in [6.07, 6.45) is 7.90. The standard InChI is InChI=1S/C10H16O2/c1-2-6-10(11)12-9-7-4-3-5-8-9/h2,9H,1,3-8H2. The van der Waals surface area contributed by atoms with E-state index in [1.54, 1.807) is 6.08 Å². The van der Waals surface area contributed by atoms with Crippen molar-refractivity contribution in [2.75, 3.05) is 0 Å². The second-order valence-electron chi connectivity index (χ2n) is 3.24. The van der Waals surface area contributed by atoms with Gasteiger partial charge in [0, 0.05) is 0 Å². The molecule has 0 aromatic heterocycles. The molecule has 1 fully saturated rings. The van der Waals surface area contributed by atoms with E-state index in [0.29, 0.717) is 6.42 Å². The number of hydrogen-bond acceptors (Lipinski definition) is 2. The van der Waals surface area contributed by atoms with Gasteiger partial charge in [0.1, 0.15) is 6.10 Å². The van der Waals surface area contributed by atoms with Crippen LogP contribution in [0.5, 0.6) is 0 Å². The van der Waals surface area contributed by atoms with Gasteiger partial charge in [-0.3, -0.25) is 4.79 Å². The molecule has 0 bridgehead atoms. The van der Waals surface area contributed by atoms with Crippen molar-refractivity contribution in [3.63, 3.8) is 0 Å². The predicted molar refractivity (Wildman–Crippen MR) is 47.8 cm³/mol. The van der Waals surface area contributed by atoms with E-state index in [0.717, 1.165) is 12.8 Å². The SMILES string of the molecule is C=CCC(=O)OC1CCCCC1. The Bertz CT molecular complexity index is 157. The Morgan fingerprint density at radius 2 is 2.08 bits per heavy atom. The van der Waals surface area contributed by atoms with E-state index in [1.165, 1.54) is 19.3 Å². The van der Waals surface area contributed by atoms with Crippen molar-refractivity contribution in [3.05, 3.63) is 12.7 Å².